The van der Waals surface area contributed by atoms with Gasteiger partial charge in [0.2, 0.25) is 0 Å². The second kappa shape index (κ2) is 116. The van der Waals surface area contributed by atoms with E-state index in [4.69, 9.17) is 0 Å². The molecular formula is C56H126Sn10+12. The van der Waals surface area contributed by atoms with Gasteiger partial charge in [0.1, 0.15) is 0 Å². The Labute approximate surface area is 548 Å². The average molecular weight is 1990 g/mol. The van der Waals surface area contributed by atoms with Crippen molar-refractivity contribution < 1.29 is 0 Å². The van der Waals surface area contributed by atoms with Crippen LogP contribution in [0.4, 0.5) is 0 Å². The monoisotopic (exact) mass is 2000 g/mol. The van der Waals surface area contributed by atoms with E-state index >= 15 is 0 Å². The molecule has 0 heterocycles. The predicted molar refractivity (Wildman–Crippen MR) is 334 cm³/mol. The van der Waals surface area contributed by atoms with Gasteiger partial charge < -0.3 is 0 Å². The molecule has 0 bridgehead atoms. The Morgan fingerprint density at radius 1 is 0.182 bits per heavy atom. The van der Waals surface area contributed by atoms with Crippen molar-refractivity contribution in [3.05, 3.63) is 0 Å². The first-order chi connectivity index (χ1) is 30.9. The third kappa shape index (κ3) is 145. The van der Waals surface area contributed by atoms with Crippen LogP contribution in [0.15, 0.2) is 0 Å². The minimum absolute atomic E-state index is 0. The second-order valence-electron chi connectivity index (χ2n) is 17.2. The SMILES string of the molecule is CCC[CH2][Sn+2][CH2]CCC.CCC[CH2][Sn+2][CH2]CCC.CCC[CH2][Sn+2][CH2]CCC.CCC[CH2][Sn][CH2]CCC.CCC[CH2][Sn][CH2]CCC.CCC[CH2][Sn][CH2]CCC.CCC[CH2][Sn][CH2]CCC.[Sn+2].[Sn+2].[Sn+2]. The van der Waals surface area contributed by atoms with Gasteiger partial charge in [-0.1, -0.05) is 0 Å². The van der Waals surface area contributed by atoms with Gasteiger partial charge in [0.05, 0.1) is 0 Å². The van der Waals surface area contributed by atoms with Crippen molar-refractivity contribution in [1.82, 2.24) is 0 Å². The summed E-state index contributed by atoms with van der Waals surface area (Å²) in [6.45, 7) is 32.1. The van der Waals surface area contributed by atoms with Gasteiger partial charge in [-0.2, -0.15) is 0 Å². The molecule has 0 aliphatic carbocycles. The van der Waals surface area contributed by atoms with E-state index in [1.165, 1.54) is 180 Å². The van der Waals surface area contributed by atoms with Gasteiger partial charge in [0, 0.05) is 0 Å². The molecule has 0 aliphatic rings. The molecule has 14 radical (unpaired) electrons. The summed E-state index contributed by atoms with van der Waals surface area (Å²) in [6, 6.07) is 0. The van der Waals surface area contributed by atoms with Gasteiger partial charge in [-0.25, -0.2) is 0 Å². The van der Waals surface area contributed by atoms with Crippen LogP contribution in [0.1, 0.15) is 277 Å². The topological polar surface area (TPSA) is 0 Å². The molecule has 0 atom stereocenters. The van der Waals surface area contributed by atoms with Crippen LogP contribution in [0.2, 0.25) is 62.1 Å². The summed E-state index contributed by atoms with van der Waals surface area (Å²) < 4.78 is 22.7. The van der Waals surface area contributed by atoms with Crippen LogP contribution >= 0.6 is 0 Å². The maximum Gasteiger partial charge on any atom is 2.00 e. The number of hydrogen-bond donors (Lipinski definition) is 0. The van der Waals surface area contributed by atoms with Gasteiger partial charge in [0.15, 0.2) is 0 Å². The molecule has 10 heteroatoms. The van der Waals surface area contributed by atoms with Gasteiger partial charge >= 0.3 is 559 Å². The first kappa shape index (κ1) is 96.3. The molecule has 0 unspecified atom stereocenters. The fraction of sp³-hybridized carbons (Fsp3) is 1.00. The van der Waals surface area contributed by atoms with E-state index in [0.717, 1.165) is 0 Å². The smallest absolute Gasteiger partial charge is 2.00 e. The molecule has 0 saturated carbocycles. The Morgan fingerprint density at radius 2 is 0.288 bits per heavy atom. The average Bonchev–Trinajstić information content (AvgIpc) is 3.30. The first-order valence-corrected chi connectivity index (χ1v) is 57.1. The largest absolute Gasteiger partial charge is 2.00 e. The van der Waals surface area contributed by atoms with Crippen LogP contribution in [0.25, 0.3) is 0 Å². The molecular weight excluding hydrogens is 1860 g/mol. The van der Waals surface area contributed by atoms with Gasteiger partial charge in [-0.3, -0.25) is 0 Å². The zero-order valence-corrected chi connectivity index (χ0v) is 77.2. The maximum absolute atomic E-state index is 2.29. The molecule has 0 nitrogen and oxygen atoms in total. The van der Waals surface area contributed by atoms with Crippen molar-refractivity contribution in [2.75, 3.05) is 0 Å². The predicted octanol–water partition coefficient (Wildman–Crippen LogP) is 20.7. The Hall–Kier alpha value is 7.99. The molecule has 378 valence electrons. The zero-order chi connectivity index (χ0) is 48.6. The van der Waals surface area contributed by atoms with E-state index in [9.17, 15) is 0 Å². The van der Waals surface area contributed by atoms with E-state index in [1.54, 1.807) is 62.1 Å². The van der Waals surface area contributed by atoms with E-state index in [2.05, 4.69) is 96.9 Å². The van der Waals surface area contributed by atoms with Crippen molar-refractivity contribution >= 4 is 220 Å². The van der Waals surface area contributed by atoms with Crippen molar-refractivity contribution in [1.29, 1.82) is 0 Å². The van der Waals surface area contributed by atoms with Crippen LogP contribution in [0, 0.1) is 0 Å². The summed E-state index contributed by atoms with van der Waals surface area (Å²) in [6.07, 6.45) is 40.9. The van der Waals surface area contributed by atoms with Crippen LogP contribution in [0.5, 0.6) is 0 Å². The number of rotatable bonds is 42. The Kier molecular flexibility index (Phi) is 170. The van der Waals surface area contributed by atoms with Gasteiger partial charge in [-0.05, 0) is 0 Å². The maximum atomic E-state index is 2.29. The fourth-order valence-corrected chi connectivity index (χ4v) is 34.2. The molecule has 0 saturated heterocycles. The fourth-order valence-electron chi connectivity index (χ4n) is 5.10. The Balaban J connectivity index is -0.0000000688. The minimum Gasteiger partial charge on any atom is 2.00 e. The molecule has 0 aromatic rings. The summed E-state index contributed by atoms with van der Waals surface area (Å²) in [5.74, 6) is 0. The van der Waals surface area contributed by atoms with Crippen LogP contribution in [0.3, 0.4) is 0 Å². The minimum atomic E-state index is 0. The van der Waals surface area contributed by atoms with Crippen molar-refractivity contribution in [3.8, 4) is 0 Å². The van der Waals surface area contributed by atoms with Gasteiger partial charge in [-0.15, -0.1) is 0 Å². The molecule has 0 aromatic heterocycles. The van der Waals surface area contributed by atoms with E-state index in [-0.39, 0.29) is 220 Å². The Morgan fingerprint density at radius 3 is 0.379 bits per heavy atom. The first-order valence-electron chi connectivity index (χ1n) is 28.8. The molecule has 66 heavy (non-hydrogen) atoms. The van der Waals surface area contributed by atoms with E-state index < -0.39 is 0 Å². The standard InChI is InChI=1S/14C4H9.10Sn/c14*1-3-4-2;;;;;;;;;;/h14*1,3-4H2,2H3;;;;;;;;;;/q;;;;;;;;;;;;;;;;;;6*+2. The van der Waals surface area contributed by atoms with Crippen LogP contribution < -0.4 is 0 Å². The van der Waals surface area contributed by atoms with Crippen LogP contribution in [-0.4, -0.2) is 220 Å². The molecule has 0 rings (SSSR count). The summed E-state index contributed by atoms with van der Waals surface area (Å²) >= 11 is 1.05. The third-order valence-electron chi connectivity index (χ3n) is 9.90. The van der Waals surface area contributed by atoms with Crippen LogP contribution in [-0.2, 0) is 0 Å². The normalized spacial score (nSPS) is 9.18. The quantitative estimate of drug-likeness (QED) is 0.0422. The van der Waals surface area contributed by atoms with Crippen molar-refractivity contribution in [2.24, 2.45) is 0 Å². The summed E-state index contributed by atoms with van der Waals surface area (Å²) in [5.41, 5.74) is 0. The summed E-state index contributed by atoms with van der Waals surface area (Å²) in [4.78, 5) is 0. The third-order valence-corrected chi connectivity index (χ3v) is 38.2. The molecule has 0 N–H and O–H groups in total. The zero-order valence-electron chi connectivity index (χ0n) is 48.7. The molecule has 0 spiro atoms. The molecule has 0 amide bonds. The Bertz CT molecular complexity index is 411. The molecule has 0 aliphatic heterocycles. The van der Waals surface area contributed by atoms with E-state index in [1.807, 2.05) is 0 Å². The molecule has 0 aromatic carbocycles. The molecule has 0 fully saturated rings. The summed E-state index contributed by atoms with van der Waals surface area (Å²) in [5, 5.41) is 0. The second-order valence-corrected chi connectivity index (χ2v) is 47.2. The number of hydrogen-bond acceptors (Lipinski definition) is 0. The van der Waals surface area contributed by atoms with Gasteiger partial charge in [0.25, 0.3) is 0 Å². The number of unbranched alkanes of at least 4 members (excludes halogenated alkanes) is 14. The summed E-state index contributed by atoms with van der Waals surface area (Å²) in [7, 11) is 0. The van der Waals surface area contributed by atoms with E-state index in [0.29, 0.717) is 0 Å². The van der Waals surface area contributed by atoms with Crippen molar-refractivity contribution in [3.63, 3.8) is 0 Å². The van der Waals surface area contributed by atoms with Crippen molar-refractivity contribution in [2.45, 2.75) is 339 Å².